The van der Waals surface area contributed by atoms with Crippen LogP contribution in [0, 0.1) is 0 Å². The van der Waals surface area contributed by atoms with Gasteiger partial charge in [0.15, 0.2) is 11.0 Å². The van der Waals surface area contributed by atoms with Gasteiger partial charge in [-0.2, -0.15) is 0 Å². The zero-order valence-electron chi connectivity index (χ0n) is 17.3. The predicted molar refractivity (Wildman–Crippen MR) is 126 cm³/mol. The summed E-state index contributed by atoms with van der Waals surface area (Å²) in [7, 11) is 1.65. The van der Waals surface area contributed by atoms with Crippen molar-refractivity contribution in [1.82, 2.24) is 14.8 Å². The maximum absolute atomic E-state index is 6.14. The molecule has 1 aromatic heterocycles. The molecule has 0 radical (unpaired) electrons. The highest BCUT2D eigenvalue weighted by Crippen LogP contribution is 2.31. The largest absolute Gasteiger partial charge is 0.497 e. The van der Waals surface area contributed by atoms with E-state index in [-0.39, 0.29) is 0 Å². The number of nitrogens with zero attached hydrogens (tertiary/aromatic N) is 3. The first-order valence-electron chi connectivity index (χ1n) is 9.88. The Balaban J connectivity index is 1.70. The fourth-order valence-electron chi connectivity index (χ4n) is 3.16. The van der Waals surface area contributed by atoms with E-state index < -0.39 is 0 Å². The third-order valence-electron chi connectivity index (χ3n) is 4.64. The predicted octanol–water partition coefficient (Wildman–Crippen LogP) is 6.29. The molecule has 0 amide bonds. The summed E-state index contributed by atoms with van der Waals surface area (Å²) < 4.78 is 12.9. The SMILES string of the molecule is CCOc1ccc(-n2c(SCc3cccc(Cl)c3)nnc2-c2ccc(OC)cc2)cc1. The maximum Gasteiger partial charge on any atom is 0.196 e. The lowest BCUT2D eigenvalue weighted by Gasteiger charge is -2.12. The number of rotatable bonds is 8. The summed E-state index contributed by atoms with van der Waals surface area (Å²) in [5.74, 6) is 3.13. The van der Waals surface area contributed by atoms with Crippen LogP contribution in [0.4, 0.5) is 0 Å². The fourth-order valence-corrected chi connectivity index (χ4v) is 4.26. The number of aromatic nitrogens is 3. The standard InChI is InChI=1S/C24H22ClN3O2S/c1-3-30-22-13-9-20(10-14-22)28-23(18-7-11-21(29-2)12-8-18)26-27-24(28)31-16-17-5-4-6-19(25)15-17/h4-15H,3,16H2,1-2H3. The number of benzene rings is 3. The van der Waals surface area contributed by atoms with Crippen LogP contribution < -0.4 is 9.47 Å². The van der Waals surface area contributed by atoms with E-state index in [1.165, 1.54) is 0 Å². The molecular formula is C24H22ClN3O2S. The van der Waals surface area contributed by atoms with Crippen molar-refractivity contribution in [2.75, 3.05) is 13.7 Å². The summed E-state index contributed by atoms with van der Waals surface area (Å²) in [6, 6.07) is 23.6. The van der Waals surface area contributed by atoms with Crippen LogP contribution in [0.15, 0.2) is 78.0 Å². The van der Waals surface area contributed by atoms with Crippen LogP contribution >= 0.6 is 23.4 Å². The minimum atomic E-state index is 0.629. The molecule has 0 saturated heterocycles. The van der Waals surface area contributed by atoms with E-state index in [4.69, 9.17) is 21.1 Å². The Morgan fingerprint density at radius 3 is 2.35 bits per heavy atom. The molecule has 158 valence electrons. The smallest absolute Gasteiger partial charge is 0.196 e. The van der Waals surface area contributed by atoms with Gasteiger partial charge in [-0.3, -0.25) is 4.57 Å². The van der Waals surface area contributed by atoms with Gasteiger partial charge in [0.2, 0.25) is 0 Å². The summed E-state index contributed by atoms with van der Waals surface area (Å²) in [6.45, 7) is 2.60. The summed E-state index contributed by atoms with van der Waals surface area (Å²) in [5.41, 5.74) is 3.05. The van der Waals surface area contributed by atoms with Gasteiger partial charge < -0.3 is 9.47 Å². The highest BCUT2D eigenvalue weighted by Gasteiger charge is 2.17. The lowest BCUT2D eigenvalue weighted by molar-refractivity contribution is 0.340. The number of halogens is 1. The van der Waals surface area contributed by atoms with Gasteiger partial charge in [0, 0.05) is 22.0 Å². The van der Waals surface area contributed by atoms with Gasteiger partial charge in [-0.15, -0.1) is 10.2 Å². The van der Waals surface area contributed by atoms with Crippen LogP contribution in [0.5, 0.6) is 11.5 Å². The third-order valence-corrected chi connectivity index (χ3v) is 5.88. The van der Waals surface area contributed by atoms with E-state index in [1.807, 2.05) is 73.7 Å². The normalized spacial score (nSPS) is 10.8. The van der Waals surface area contributed by atoms with Crippen molar-refractivity contribution in [3.05, 3.63) is 83.4 Å². The van der Waals surface area contributed by atoms with Gasteiger partial charge in [0.25, 0.3) is 0 Å². The molecule has 5 nitrogen and oxygen atoms in total. The lowest BCUT2D eigenvalue weighted by Crippen LogP contribution is -2.00. The van der Waals surface area contributed by atoms with Gasteiger partial charge in [-0.25, -0.2) is 0 Å². The zero-order valence-corrected chi connectivity index (χ0v) is 18.9. The molecule has 0 fully saturated rings. The van der Waals surface area contributed by atoms with Crippen molar-refractivity contribution >= 4 is 23.4 Å². The van der Waals surface area contributed by atoms with E-state index in [0.29, 0.717) is 6.61 Å². The van der Waals surface area contributed by atoms with Crippen LogP contribution in [0.25, 0.3) is 17.1 Å². The van der Waals surface area contributed by atoms with Gasteiger partial charge in [0.1, 0.15) is 11.5 Å². The Hall–Kier alpha value is -2.96. The molecule has 1 heterocycles. The van der Waals surface area contributed by atoms with Crippen LogP contribution in [0.3, 0.4) is 0 Å². The van der Waals surface area contributed by atoms with E-state index in [1.54, 1.807) is 18.9 Å². The molecule has 0 saturated carbocycles. The summed E-state index contributed by atoms with van der Waals surface area (Å²) in [6.07, 6.45) is 0. The molecule has 31 heavy (non-hydrogen) atoms. The molecule has 0 N–H and O–H groups in total. The van der Waals surface area contributed by atoms with Gasteiger partial charge in [0.05, 0.1) is 13.7 Å². The number of thioether (sulfide) groups is 1. The maximum atomic E-state index is 6.14. The molecule has 0 bridgehead atoms. The van der Waals surface area contributed by atoms with Gasteiger partial charge >= 0.3 is 0 Å². The first kappa shape index (κ1) is 21.3. The second-order valence-electron chi connectivity index (χ2n) is 6.72. The second-order valence-corrected chi connectivity index (χ2v) is 8.09. The van der Waals surface area contributed by atoms with Crippen LogP contribution in [0.2, 0.25) is 5.02 Å². The second kappa shape index (κ2) is 9.90. The van der Waals surface area contributed by atoms with Crippen molar-refractivity contribution in [3.63, 3.8) is 0 Å². The first-order chi connectivity index (χ1) is 15.2. The van der Waals surface area contributed by atoms with E-state index in [2.05, 4.69) is 20.8 Å². The molecule has 3 aromatic carbocycles. The minimum Gasteiger partial charge on any atom is -0.497 e. The van der Waals surface area contributed by atoms with E-state index in [9.17, 15) is 0 Å². The molecule has 0 spiro atoms. The average Bonchev–Trinajstić information content (AvgIpc) is 3.22. The Kier molecular flexibility index (Phi) is 6.79. The van der Waals surface area contributed by atoms with Gasteiger partial charge in [-0.05, 0) is 73.2 Å². The number of hydrogen-bond donors (Lipinski definition) is 0. The number of hydrogen-bond acceptors (Lipinski definition) is 5. The summed E-state index contributed by atoms with van der Waals surface area (Å²) in [5, 5.41) is 10.5. The summed E-state index contributed by atoms with van der Waals surface area (Å²) >= 11 is 7.75. The van der Waals surface area contributed by atoms with E-state index >= 15 is 0 Å². The molecule has 4 rings (SSSR count). The Labute approximate surface area is 191 Å². The van der Waals surface area contributed by atoms with Crippen molar-refractivity contribution in [2.45, 2.75) is 17.8 Å². The van der Waals surface area contributed by atoms with E-state index in [0.717, 1.165) is 50.1 Å². The van der Waals surface area contributed by atoms with Crippen LogP contribution in [-0.2, 0) is 5.75 Å². The average molecular weight is 452 g/mol. The number of ether oxygens (including phenoxy) is 2. The molecule has 4 aromatic rings. The molecule has 0 aliphatic carbocycles. The van der Waals surface area contributed by atoms with Crippen LogP contribution in [0.1, 0.15) is 12.5 Å². The molecule has 0 aliphatic rings. The molecule has 0 unspecified atom stereocenters. The molecule has 0 aliphatic heterocycles. The Morgan fingerprint density at radius 2 is 1.68 bits per heavy atom. The molecular weight excluding hydrogens is 430 g/mol. The van der Waals surface area contributed by atoms with Crippen molar-refractivity contribution in [1.29, 1.82) is 0 Å². The monoisotopic (exact) mass is 451 g/mol. The highest BCUT2D eigenvalue weighted by molar-refractivity contribution is 7.98. The van der Waals surface area contributed by atoms with Crippen molar-refractivity contribution in [2.24, 2.45) is 0 Å². The Morgan fingerprint density at radius 1 is 0.935 bits per heavy atom. The fraction of sp³-hybridized carbons (Fsp3) is 0.167. The Bertz CT molecular complexity index is 1140. The quantitative estimate of drug-likeness (QED) is 0.295. The first-order valence-corrected chi connectivity index (χ1v) is 11.2. The molecule has 7 heteroatoms. The topological polar surface area (TPSA) is 49.2 Å². The minimum absolute atomic E-state index is 0.629. The van der Waals surface area contributed by atoms with Gasteiger partial charge in [-0.1, -0.05) is 35.5 Å². The highest BCUT2D eigenvalue weighted by atomic mass is 35.5. The van der Waals surface area contributed by atoms with Crippen LogP contribution in [-0.4, -0.2) is 28.5 Å². The van der Waals surface area contributed by atoms with Crippen molar-refractivity contribution < 1.29 is 9.47 Å². The lowest BCUT2D eigenvalue weighted by atomic mass is 10.2. The molecule has 0 atom stereocenters. The van der Waals surface area contributed by atoms with Crippen molar-refractivity contribution in [3.8, 4) is 28.6 Å². The summed E-state index contributed by atoms with van der Waals surface area (Å²) in [4.78, 5) is 0. The zero-order chi connectivity index (χ0) is 21.6. The number of methoxy groups -OCH3 is 1. The third kappa shape index (κ3) is 5.03.